The summed E-state index contributed by atoms with van der Waals surface area (Å²) in [5, 5.41) is 12.2. The summed E-state index contributed by atoms with van der Waals surface area (Å²) in [4.78, 5) is 29.0. The Hall–Kier alpha value is -4.32. The van der Waals surface area contributed by atoms with Crippen LogP contribution in [0.5, 0.6) is 0 Å². The zero-order valence-corrected chi connectivity index (χ0v) is 18.5. The first kappa shape index (κ1) is 22.9. The molecule has 0 saturated heterocycles. The molecule has 0 fully saturated rings. The lowest BCUT2D eigenvalue weighted by atomic mass is 10.0. The zero-order chi connectivity index (χ0) is 24.1. The van der Waals surface area contributed by atoms with E-state index in [0.29, 0.717) is 16.8 Å². The molecule has 6 heteroatoms. The number of aliphatic carboxylic acids is 1. The highest BCUT2D eigenvalue weighted by Gasteiger charge is 2.22. The standard InChI is InChI=1S/C28H23FN2O3/c1-18-16-22(14-15-23(18)29)24-8-5-9-25(30-24)27(32)31-26(28(33)34)17-19-10-12-21(13-11-19)20-6-3-2-4-7-20/h2-16,26H,17H2,1H3,(H,31,32)(H,33,34)/t26-/m0/s1. The Morgan fingerprint density at radius 2 is 1.56 bits per heavy atom. The maximum absolute atomic E-state index is 13.6. The van der Waals surface area contributed by atoms with Gasteiger partial charge in [0.1, 0.15) is 17.6 Å². The van der Waals surface area contributed by atoms with Crippen molar-refractivity contribution in [2.75, 3.05) is 0 Å². The number of nitrogens with zero attached hydrogens (tertiary/aromatic N) is 1. The van der Waals surface area contributed by atoms with Crippen molar-refractivity contribution in [2.45, 2.75) is 19.4 Å². The van der Waals surface area contributed by atoms with Gasteiger partial charge in [-0.05, 0) is 59.5 Å². The molecular weight excluding hydrogens is 431 g/mol. The number of pyridine rings is 1. The van der Waals surface area contributed by atoms with Crippen LogP contribution in [0.3, 0.4) is 0 Å². The average molecular weight is 455 g/mol. The molecule has 0 aliphatic heterocycles. The lowest BCUT2D eigenvalue weighted by Gasteiger charge is -2.15. The van der Waals surface area contributed by atoms with Gasteiger partial charge in [-0.3, -0.25) is 4.79 Å². The first-order valence-electron chi connectivity index (χ1n) is 10.8. The van der Waals surface area contributed by atoms with E-state index in [9.17, 15) is 19.1 Å². The molecule has 1 heterocycles. The number of hydrogen-bond donors (Lipinski definition) is 2. The van der Waals surface area contributed by atoms with Crippen molar-refractivity contribution in [1.82, 2.24) is 10.3 Å². The Balaban J connectivity index is 1.48. The smallest absolute Gasteiger partial charge is 0.326 e. The van der Waals surface area contributed by atoms with Crippen LogP contribution in [0, 0.1) is 12.7 Å². The third kappa shape index (κ3) is 5.35. The number of carboxylic acid groups (broad SMARTS) is 1. The van der Waals surface area contributed by atoms with Crippen molar-refractivity contribution in [3.05, 3.63) is 114 Å². The number of aromatic nitrogens is 1. The fourth-order valence-corrected chi connectivity index (χ4v) is 3.66. The molecule has 0 radical (unpaired) electrons. The second-order valence-electron chi connectivity index (χ2n) is 8.00. The summed E-state index contributed by atoms with van der Waals surface area (Å²) in [5.41, 5.74) is 4.61. The van der Waals surface area contributed by atoms with E-state index in [4.69, 9.17) is 0 Å². The van der Waals surface area contributed by atoms with Crippen molar-refractivity contribution in [3.63, 3.8) is 0 Å². The van der Waals surface area contributed by atoms with Crippen LogP contribution in [-0.2, 0) is 11.2 Å². The van der Waals surface area contributed by atoms with E-state index < -0.39 is 17.9 Å². The number of hydrogen-bond acceptors (Lipinski definition) is 3. The molecule has 5 nitrogen and oxygen atoms in total. The summed E-state index contributed by atoms with van der Waals surface area (Å²) in [6, 6.07) is 25.8. The molecule has 1 atom stereocenters. The van der Waals surface area contributed by atoms with Crippen LogP contribution in [0.25, 0.3) is 22.4 Å². The Labute approximate surface area is 196 Å². The van der Waals surface area contributed by atoms with Crippen molar-refractivity contribution in [3.8, 4) is 22.4 Å². The Morgan fingerprint density at radius 3 is 2.24 bits per heavy atom. The SMILES string of the molecule is Cc1cc(-c2cccc(C(=O)N[C@@H](Cc3ccc(-c4ccccc4)cc3)C(=O)O)n2)ccc1F. The minimum Gasteiger partial charge on any atom is -0.480 e. The van der Waals surface area contributed by atoms with Crippen molar-refractivity contribution in [2.24, 2.45) is 0 Å². The van der Waals surface area contributed by atoms with Crippen molar-refractivity contribution < 1.29 is 19.1 Å². The lowest BCUT2D eigenvalue weighted by molar-refractivity contribution is -0.139. The van der Waals surface area contributed by atoms with Gasteiger partial charge in [-0.25, -0.2) is 14.2 Å². The van der Waals surface area contributed by atoms with Gasteiger partial charge in [-0.2, -0.15) is 0 Å². The molecule has 0 bridgehead atoms. The van der Waals surface area contributed by atoms with Gasteiger partial charge in [0.15, 0.2) is 0 Å². The van der Waals surface area contributed by atoms with Crippen LogP contribution in [0.1, 0.15) is 21.6 Å². The molecule has 1 aromatic heterocycles. The van der Waals surface area contributed by atoms with E-state index in [1.54, 1.807) is 31.2 Å². The van der Waals surface area contributed by atoms with Crippen LogP contribution in [0.2, 0.25) is 0 Å². The highest BCUT2D eigenvalue weighted by atomic mass is 19.1. The number of carbonyl (C=O) groups is 2. The van der Waals surface area contributed by atoms with Gasteiger partial charge in [-0.1, -0.05) is 60.7 Å². The molecule has 4 rings (SSSR count). The molecule has 0 aliphatic rings. The van der Waals surface area contributed by atoms with Gasteiger partial charge in [-0.15, -0.1) is 0 Å². The van der Waals surface area contributed by atoms with Gasteiger partial charge in [0.05, 0.1) is 5.69 Å². The number of nitrogens with one attached hydrogen (secondary N) is 1. The molecule has 1 amide bonds. The van der Waals surface area contributed by atoms with Gasteiger partial charge >= 0.3 is 5.97 Å². The highest BCUT2D eigenvalue weighted by Crippen LogP contribution is 2.21. The fraction of sp³-hybridized carbons (Fsp3) is 0.107. The number of halogens is 1. The van der Waals surface area contributed by atoms with Gasteiger partial charge in [0, 0.05) is 12.0 Å². The van der Waals surface area contributed by atoms with E-state index in [1.807, 2.05) is 54.6 Å². The number of amides is 1. The topological polar surface area (TPSA) is 79.3 Å². The summed E-state index contributed by atoms with van der Waals surface area (Å²) in [7, 11) is 0. The molecular formula is C28H23FN2O3. The Morgan fingerprint density at radius 1 is 0.882 bits per heavy atom. The van der Waals surface area contributed by atoms with E-state index in [1.165, 1.54) is 12.1 Å². The highest BCUT2D eigenvalue weighted by molar-refractivity contribution is 5.95. The maximum Gasteiger partial charge on any atom is 0.326 e. The van der Waals surface area contributed by atoms with E-state index in [2.05, 4.69) is 10.3 Å². The predicted molar refractivity (Wildman–Crippen MR) is 129 cm³/mol. The molecule has 0 unspecified atom stereocenters. The first-order valence-corrected chi connectivity index (χ1v) is 10.8. The fourth-order valence-electron chi connectivity index (χ4n) is 3.66. The van der Waals surface area contributed by atoms with E-state index in [0.717, 1.165) is 16.7 Å². The number of carbonyl (C=O) groups excluding carboxylic acids is 1. The Bertz CT molecular complexity index is 1320. The molecule has 0 saturated carbocycles. The molecule has 34 heavy (non-hydrogen) atoms. The molecule has 3 aromatic carbocycles. The summed E-state index contributed by atoms with van der Waals surface area (Å²) < 4.78 is 13.6. The maximum atomic E-state index is 13.6. The van der Waals surface area contributed by atoms with Crippen molar-refractivity contribution in [1.29, 1.82) is 0 Å². The monoisotopic (exact) mass is 454 g/mol. The summed E-state index contributed by atoms with van der Waals surface area (Å²) in [5.74, 6) is -2.04. The molecule has 0 aliphatic carbocycles. The van der Waals surface area contributed by atoms with E-state index in [-0.39, 0.29) is 17.9 Å². The third-order valence-electron chi connectivity index (χ3n) is 5.54. The minimum atomic E-state index is -1.13. The molecule has 4 aromatic rings. The minimum absolute atomic E-state index is 0.0881. The molecule has 2 N–H and O–H groups in total. The van der Waals surface area contributed by atoms with Crippen LogP contribution in [0.15, 0.2) is 91.0 Å². The van der Waals surface area contributed by atoms with Gasteiger partial charge in [0.25, 0.3) is 5.91 Å². The summed E-state index contributed by atoms with van der Waals surface area (Å²) in [6.07, 6.45) is 0.132. The van der Waals surface area contributed by atoms with Crippen molar-refractivity contribution >= 4 is 11.9 Å². The van der Waals surface area contributed by atoms with Crippen LogP contribution in [0.4, 0.5) is 4.39 Å². The van der Waals surface area contributed by atoms with Crippen LogP contribution < -0.4 is 5.32 Å². The number of carboxylic acids is 1. The van der Waals surface area contributed by atoms with Crippen LogP contribution in [-0.4, -0.2) is 28.0 Å². The second-order valence-corrected chi connectivity index (χ2v) is 8.00. The quantitative estimate of drug-likeness (QED) is 0.398. The summed E-state index contributed by atoms with van der Waals surface area (Å²) >= 11 is 0. The first-order chi connectivity index (χ1) is 16.4. The average Bonchev–Trinajstić information content (AvgIpc) is 2.86. The predicted octanol–water partition coefficient (Wildman–Crippen LogP) is 5.29. The Kier molecular flexibility index (Phi) is 6.78. The number of aryl methyl sites for hydroxylation is 1. The number of benzene rings is 3. The summed E-state index contributed by atoms with van der Waals surface area (Å²) in [6.45, 7) is 1.65. The largest absolute Gasteiger partial charge is 0.480 e. The number of rotatable bonds is 7. The second kappa shape index (κ2) is 10.1. The molecule has 170 valence electrons. The molecule has 0 spiro atoms. The van der Waals surface area contributed by atoms with E-state index >= 15 is 0 Å². The van der Waals surface area contributed by atoms with Gasteiger partial charge < -0.3 is 10.4 Å². The van der Waals surface area contributed by atoms with Crippen LogP contribution >= 0.6 is 0 Å². The zero-order valence-electron chi connectivity index (χ0n) is 18.5. The normalized spacial score (nSPS) is 11.6. The lowest BCUT2D eigenvalue weighted by Crippen LogP contribution is -2.42. The third-order valence-corrected chi connectivity index (χ3v) is 5.54. The van der Waals surface area contributed by atoms with Gasteiger partial charge in [0.2, 0.25) is 0 Å².